The normalized spacial score (nSPS) is 10.8. The third kappa shape index (κ3) is 4.26. The molecule has 5 nitrogen and oxygen atoms in total. The molecular formula is C22H15BrCl2N4O. The summed E-state index contributed by atoms with van der Waals surface area (Å²) in [4.78, 5) is 17.4. The van der Waals surface area contributed by atoms with Crippen LogP contribution in [0.15, 0.2) is 71.2 Å². The minimum atomic E-state index is -0.421. The number of hydrogen-bond donors (Lipinski definition) is 1. The maximum Gasteiger partial charge on any atom is 0.295 e. The lowest BCUT2D eigenvalue weighted by Crippen LogP contribution is -2.14. The number of halogens is 3. The zero-order valence-electron chi connectivity index (χ0n) is 15.7. The second-order valence-electron chi connectivity index (χ2n) is 6.53. The molecule has 0 saturated carbocycles. The smallest absolute Gasteiger partial charge is 0.295 e. The molecule has 0 aliphatic rings. The maximum atomic E-state index is 12.9. The van der Waals surface area contributed by atoms with E-state index < -0.39 is 5.91 Å². The number of rotatable bonds is 4. The van der Waals surface area contributed by atoms with Gasteiger partial charge in [0.25, 0.3) is 5.91 Å². The quantitative estimate of drug-likeness (QED) is 0.344. The molecule has 1 N–H and O–H groups in total. The Kier molecular flexibility index (Phi) is 5.90. The Morgan fingerprint density at radius 1 is 1.03 bits per heavy atom. The Morgan fingerprint density at radius 2 is 1.80 bits per heavy atom. The summed E-state index contributed by atoms with van der Waals surface area (Å²) in [5, 5.41) is 8.47. The Morgan fingerprint density at radius 3 is 2.57 bits per heavy atom. The lowest BCUT2D eigenvalue weighted by atomic mass is 10.1. The number of amides is 1. The summed E-state index contributed by atoms with van der Waals surface area (Å²) >= 11 is 15.9. The first-order valence-corrected chi connectivity index (χ1v) is 10.5. The van der Waals surface area contributed by atoms with E-state index in [4.69, 9.17) is 23.2 Å². The van der Waals surface area contributed by atoms with Crippen molar-refractivity contribution in [3.8, 4) is 17.1 Å². The van der Waals surface area contributed by atoms with E-state index in [1.165, 1.54) is 0 Å². The van der Waals surface area contributed by atoms with Crippen LogP contribution in [0, 0.1) is 6.92 Å². The van der Waals surface area contributed by atoms with Gasteiger partial charge in [0.15, 0.2) is 5.82 Å². The number of hydrogen-bond acceptors (Lipinski definition) is 3. The van der Waals surface area contributed by atoms with Crippen LogP contribution < -0.4 is 5.32 Å². The molecule has 150 valence electrons. The zero-order valence-corrected chi connectivity index (χ0v) is 18.8. The van der Waals surface area contributed by atoms with E-state index in [0.717, 1.165) is 21.3 Å². The monoisotopic (exact) mass is 500 g/mol. The number of benzene rings is 3. The molecule has 0 aliphatic carbocycles. The first-order valence-electron chi connectivity index (χ1n) is 8.98. The van der Waals surface area contributed by atoms with E-state index in [0.29, 0.717) is 21.6 Å². The molecule has 0 saturated heterocycles. The predicted octanol–water partition coefficient (Wildman–Crippen LogP) is 6.56. The van der Waals surface area contributed by atoms with E-state index in [-0.39, 0.29) is 5.82 Å². The highest BCUT2D eigenvalue weighted by Crippen LogP contribution is 2.28. The standard InChI is InChI=1S/C22H15BrCl2N4O/c1-13-18(25)9-4-10-19(13)29-21(14-5-2-7-16(24)11-14)27-20(28-29)22(30)26-17-8-3-6-15(23)12-17/h2-12H,1H3,(H,26,30). The average molecular weight is 502 g/mol. The number of anilines is 1. The summed E-state index contributed by atoms with van der Waals surface area (Å²) in [5.41, 5.74) is 2.92. The molecular weight excluding hydrogens is 487 g/mol. The van der Waals surface area contributed by atoms with Gasteiger partial charge < -0.3 is 5.32 Å². The Labute approximate surface area is 191 Å². The highest BCUT2D eigenvalue weighted by atomic mass is 79.9. The third-order valence-corrected chi connectivity index (χ3v) is 5.58. The van der Waals surface area contributed by atoms with Crippen LogP contribution in [0.4, 0.5) is 5.69 Å². The number of aromatic nitrogens is 3. The van der Waals surface area contributed by atoms with Crippen molar-refractivity contribution < 1.29 is 4.79 Å². The van der Waals surface area contributed by atoms with Crippen molar-refractivity contribution >= 4 is 50.7 Å². The van der Waals surface area contributed by atoms with E-state index >= 15 is 0 Å². The molecule has 0 atom stereocenters. The average Bonchev–Trinajstić information content (AvgIpc) is 3.15. The molecule has 0 aliphatic heterocycles. The van der Waals surface area contributed by atoms with E-state index in [9.17, 15) is 4.79 Å². The molecule has 0 spiro atoms. The molecule has 0 radical (unpaired) electrons. The zero-order chi connectivity index (χ0) is 21.3. The summed E-state index contributed by atoms with van der Waals surface area (Å²) in [7, 11) is 0. The fourth-order valence-electron chi connectivity index (χ4n) is 2.97. The fraction of sp³-hybridized carbons (Fsp3) is 0.0455. The van der Waals surface area contributed by atoms with Gasteiger partial charge in [0.1, 0.15) is 0 Å². The second kappa shape index (κ2) is 8.60. The molecule has 1 amide bonds. The largest absolute Gasteiger partial charge is 0.319 e. The number of nitrogens with one attached hydrogen (secondary N) is 1. The van der Waals surface area contributed by atoms with Gasteiger partial charge >= 0.3 is 0 Å². The van der Waals surface area contributed by atoms with Gasteiger partial charge in [0.2, 0.25) is 5.82 Å². The lowest BCUT2D eigenvalue weighted by Gasteiger charge is -2.10. The van der Waals surface area contributed by atoms with Gasteiger partial charge in [-0.1, -0.05) is 63.4 Å². The Bertz CT molecular complexity index is 1260. The van der Waals surface area contributed by atoms with Crippen LogP contribution in [0.3, 0.4) is 0 Å². The summed E-state index contributed by atoms with van der Waals surface area (Å²) in [6, 6.07) is 20.0. The van der Waals surface area contributed by atoms with Gasteiger partial charge in [-0.3, -0.25) is 4.79 Å². The summed E-state index contributed by atoms with van der Waals surface area (Å²) in [6.07, 6.45) is 0. The number of carbonyl (C=O) groups excluding carboxylic acids is 1. The van der Waals surface area contributed by atoms with Gasteiger partial charge in [0.05, 0.1) is 5.69 Å². The molecule has 4 rings (SSSR count). The number of nitrogens with zero attached hydrogens (tertiary/aromatic N) is 3. The Balaban J connectivity index is 1.81. The lowest BCUT2D eigenvalue weighted by molar-refractivity contribution is 0.101. The van der Waals surface area contributed by atoms with E-state index in [2.05, 4.69) is 31.3 Å². The first-order chi connectivity index (χ1) is 14.4. The van der Waals surface area contributed by atoms with Crippen molar-refractivity contribution in [3.63, 3.8) is 0 Å². The summed E-state index contributed by atoms with van der Waals surface area (Å²) in [6.45, 7) is 1.89. The molecule has 3 aromatic carbocycles. The first kappa shape index (κ1) is 20.6. The fourth-order valence-corrected chi connectivity index (χ4v) is 3.73. The highest BCUT2D eigenvalue weighted by Gasteiger charge is 2.20. The molecule has 1 heterocycles. The van der Waals surface area contributed by atoms with Gasteiger partial charge in [-0.05, 0) is 55.0 Å². The molecule has 30 heavy (non-hydrogen) atoms. The number of carbonyl (C=O) groups is 1. The van der Waals surface area contributed by atoms with Gasteiger partial charge in [-0.15, -0.1) is 5.10 Å². The van der Waals surface area contributed by atoms with Crippen LogP contribution in [0.5, 0.6) is 0 Å². The van der Waals surface area contributed by atoms with Crippen LogP contribution in [-0.2, 0) is 0 Å². The van der Waals surface area contributed by atoms with Crippen LogP contribution in [0.25, 0.3) is 17.1 Å². The molecule has 8 heteroatoms. The Hall–Kier alpha value is -2.67. The molecule has 4 aromatic rings. The predicted molar refractivity (Wildman–Crippen MR) is 124 cm³/mol. The summed E-state index contributed by atoms with van der Waals surface area (Å²) in [5.74, 6) is 0.0985. The van der Waals surface area contributed by atoms with Crippen LogP contribution in [0.2, 0.25) is 10.0 Å². The molecule has 0 fully saturated rings. The SMILES string of the molecule is Cc1c(Cl)cccc1-n1nc(C(=O)Nc2cccc(Br)c2)nc1-c1cccc(Cl)c1. The minimum Gasteiger partial charge on any atom is -0.319 e. The summed E-state index contributed by atoms with van der Waals surface area (Å²) < 4.78 is 2.47. The van der Waals surface area contributed by atoms with Crippen molar-refractivity contribution in [2.24, 2.45) is 0 Å². The van der Waals surface area contributed by atoms with Crippen molar-refractivity contribution in [3.05, 3.63) is 92.6 Å². The van der Waals surface area contributed by atoms with Crippen molar-refractivity contribution in [1.82, 2.24) is 14.8 Å². The van der Waals surface area contributed by atoms with Crippen molar-refractivity contribution in [1.29, 1.82) is 0 Å². The van der Waals surface area contributed by atoms with Crippen LogP contribution in [0.1, 0.15) is 16.2 Å². The van der Waals surface area contributed by atoms with Crippen LogP contribution in [-0.4, -0.2) is 20.7 Å². The molecule has 1 aromatic heterocycles. The topological polar surface area (TPSA) is 59.8 Å². The van der Waals surface area contributed by atoms with Crippen molar-refractivity contribution in [2.45, 2.75) is 6.92 Å². The van der Waals surface area contributed by atoms with E-state index in [1.807, 2.05) is 43.3 Å². The minimum absolute atomic E-state index is 0.0318. The molecule has 0 bridgehead atoms. The van der Waals surface area contributed by atoms with Gasteiger partial charge in [0, 0.05) is 25.8 Å². The van der Waals surface area contributed by atoms with Gasteiger partial charge in [-0.25, -0.2) is 9.67 Å². The van der Waals surface area contributed by atoms with Gasteiger partial charge in [-0.2, -0.15) is 0 Å². The highest BCUT2D eigenvalue weighted by molar-refractivity contribution is 9.10. The third-order valence-electron chi connectivity index (χ3n) is 4.44. The van der Waals surface area contributed by atoms with E-state index in [1.54, 1.807) is 35.0 Å². The molecule has 0 unspecified atom stereocenters. The van der Waals surface area contributed by atoms with Crippen LogP contribution >= 0.6 is 39.1 Å². The maximum absolute atomic E-state index is 12.9. The second-order valence-corrected chi connectivity index (χ2v) is 8.29. The van der Waals surface area contributed by atoms with Crippen molar-refractivity contribution in [2.75, 3.05) is 5.32 Å².